The van der Waals surface area contributed by atoms with Crippen molar-refractivity contribution in [3.63, 3.8) is 0 Å². The van der Waals surface area contributed by atoms with Gasteiger partial charge in [-0.1, -0.05) is 12.6 Å². The van der Waals surface area contributed by atoms with Crippen LogP contribution < -0.4 is 22.1 Å². The molecule has 0 aromatic heterocycles. The molecule has 39 heavy (non-hydrogen) atoms. The number of primary amides is 1. The third kappa shape index (κ3) is 21.9. The number of hydrogen-bond donors (Lipinski definition) is 4. The summed E-state index contributed by atoms with van der Waals surface area (Å²) in [6.45, 7) is 1.07. The lowest BCUT2D eigenvalue weighted by Crippen LogP contribution is -2.49. The van der Waals surface area contributed by atoms with Gasteiger partial charge >= 0.3 is 0 Å². The Morgan fingerprint density at radius 3 is 2.10 bits per heavy atom. The Bertz CT molecular complexity index is 739. The Morgan fingerprint density at radius 2 is 1.46 bits per heavy atom. The molecule has 6 N–H and O–H groups in total. The van der Waals surface area contributed by atoms with Gasteiger partial charge in [0.1, 0.15) is 17.6 Å². The van der Waals surface area contributed by atoms with E-state index in [1.54, 1.807) is 0 Å². The van der Waals surface area contributed by atoms with Crippen LogP contribution in [0.15, 0.2) is 0 Å². The van der Waals surface area contributed by atoms with Crippen molar-refractivity contribution in [2.24, 2.45) is 17.4 Å². The topological polar surface area (TPSA) is 180 Å². The Labute approximate surface area is 242 Å². The molecule has 2 unspecified atom stereocenters. The van der Waals surface area contributed by atoms with Gasteiger partial charge in [-0.15, -0.1) is 0 Å². The van der Waals surface area contributed by atoms with E-state index >= 15 is 0 Å². The molecule has 3 amide bonds. The fraction of sp³-hybridized carbons (Fsp3) is 0.792. The van der Waals surface area contributed by atoms with E-state index in [0.29, 0.717) is 55.1 Å². The molecule has 0 rings (SSSR count). The predicted molar refractivity (Wildman–Crippen MR) is 157 cm³/mol. The monoisotopic (exact) mass is 584 g/mol. The summed E-state index contributed by atoms with van der Waals surface area (Å²) in [5, 5.41) is 5.43. The summed E-state index contributed by atoms with van der Waals surface area (Å²) >= 11 is 2.94. The minimum absolute atomic E-state index is 0.00819. The van der Waals surface area contributed by atoms with Crippen LogP contribution in [0.25, 0.3) is 0 Å². The second-order valence-electron chi connectivity index (χ2n) is 8.55. The summed E-state index contributed by atoms with van der Waals surface area (Å²) in [7, 11) is 11.0. The van der Waals surface area contributed by atoms with Gasteiger partial charge in [0, 0.05) is 50.3 Å². The Hall–Kier alpha value is -1.54. The summed E-state index contributed by atoms with van der Waals surface area (Å²) < 4.78 is 10.8. The van der Waals surface area contributed by atoms with Gasteiger partial charge in [0.15, 0.2) is 0 Å². The highest BCUT2D eigenvalue weighted by Gasteiger charge is 2.21. The van der Waals surface area contributed by atoms with Crippen molar-refractivity contribution in [2.45, 2.75) is 50.8 Å². The second kappa shape index (κ2) is 25.4. The van der Waals surface area contributed by atoms with E-state index in [9.17, 15) is 24.0 Å². The van der Waals surface area contributed by atoms with Crippen molar-refractivity contribution in [2.75, 3.05) is 62.5 Å². The molecule has 11 nitrogen and oxygen atoms in total. The van der Waals surface area contributed by atoms with Gasteiger partial charge in [0.05, 0.1) is 48.0 Å². The quantitative estimate of drug-likeness (QED) is 0.0720. The fourth-order valence-corrected chi connectivity index (χ4v) is 4.76. The highest BCUT2D eigenvalue weighted by atomic mass is 32.2. The highest BCUT2D eigenvalue weighted by molar-refractivity contribution is 7.99. The average molecular weight is 584 g/mol. The molecule has 218 valence electrons. The van der Waals surface area contributed by atoms with Crippen LogP contribution in [0.4, 0.5) is 0 Å². The number of carbonyl (C=O) groups excluding carboxylic acids is 5. The van der Waals surface area contributed by atoms with Crippen molar-refractivity contribution < 1.29 is 33.4 Å². The van der Waals surface area contributed by atoms with Gasteiger partial charge < -0.3 is 31.6 Å². The number of carbonyl (C=O) groups is 5. The molecule has 0 bridgehead atoms. The van der Waals surface area contributed by atoms with Crippen LogP contribution in [0.2, 0.25) is 12.6 Å². The summed E-state index contributed by atoms with van der Waals surface area (Å²) in [4.78, 5) is 59.7. The number of nitrogens with one attached hydrogen (secondary N) is 2. The van der Waals surface area contributed by atoms with Crippen molar-refractivity contribution >= 4 is 68.5 Å². The molecule has 0 saturated heterocycles. The van der Waals surface area contributed by atoms with Crippen molar-refractivity contribution in [1.82, 2.24) is 10.6 Å². The van der Waals surface area contributed by atoms with Crippen LogP contribution >= 0.6 is 23.5 Å². The first kappa shape index (κ1) is 37.5. The van der Waals surface area contributed by atoms with Crippen LogP contribution in [0.5, 0.6) is 0 Å². The molecule has 0 spiro atoms. The van der Waals surface area contributed by atoms with Crippen LogP contribution in [-0.4, -0.2) is 114 Å². The number of ether oxygens (including phenoxy) is 2. The smallest absolute Gasteiger partial charge is 0.243 e. The maximum atomic E-state index is 12.6. The van der Waals surface area contributed by atoms with Crippen LogP contribution in [0.1, 0.15) is 32.1 Å². The first-order chi connectivity index (χ1) is 18.7. The SMILES string of the molecule is [B]CCSCC(CC(=O)CCOCCNC(=O)C(CSCC[B])NC(=O)CCOCCCC(=O)CN)C(N)=O. The lowest BCUT2D eigenvalue weighted by atomic mass is 10.0. The van der Waals surface area contributed by atoms with Crippen molar-refractivity contribution in [1.29, 1.82) is 0 Å². The maximum absolute atomic E-state index is 12.6. The summed E-state index contributed by atoms with van der Waals surface area (Å²) in [5.74, 6) is 0.266. The van der Waals surface area contributed by atoms with E-state index < -0.39 is 17.9 Å². The van der Waals surface area contributed by atoms with Gasteiger partial charge in [-0.2, -0.15) is 23.5 Å². The maximum Gasteiger partial charge on any atom is 0.243 e. The minimum atomic E-state index is -0.749. The molecule has 0 aromatic carbocycles. The lowest BCUT2D eigenvalue weighted by molar-refractivity contribution is -0.129. The molecule has 0 fully saturated rings. The number of Topliss-reactive ketones (excluding diaryl/α,β-unsaturated/α-hetero) is 2. The van der Waals surface area contributed by atoms with Gasteiger partial charge in [-0.3, -0.25) is 24.0 Å². The third-order valence-corrected chi connectivity index (χ3v) is 7.43. The molecule has 0 aliphatic carbocycles. The molecule has 0 aromatic rings. The molecule has 2 atom stereocenters. The van der Waals surface area contributed by atoms with E-state index in [2.05, 4.69) is 10.6 Å². The van der Waals surface area contributed by atoms with E-state index in [1.807, 2.05) is 0 Å². The molecular formula is C24H42B2N4O7S2. The second-order valence-corrected chi connectivity index (χ2v) is 10.9. The first-order valence-electron chi connectivity index (χ1n) is 13.1. The zero-order valence-corrected chi connectivity index (χ0v) is 24.3. The van der Waals surface area contributed by atoms with Crippen LogP contribution in [0.3, 0.4) is 0 Å². The number of nitrogens with two attached hydrogens (primary N) is 2. The van der Waals surface area contributed by atoms with E-state index in [0.717, 1.165) is 0 Å². The van der Waals surface area contributed by atoms with E-state index in [4.69, 9.17) is 36.6 Å². The van der Waals surface area contributed by atoms with Gasteiger partial charge in [0.25, 0.3) is 0 Å². The summed E-state index contributed by atoms with van der Waals surface area (Å²) in [6, 6.07) is -0.749. The zero-order chi connectivity index (χ0) is 29.3. The summed E-state index contributed by atoms with van der Waals surface area (Å²) in [5.41, 5.74) is 10.6. The van der Waals surface area contributed by atoms with Crippen LogP contribution in [0, 0.1) is 5.92 Å². The van der Waals surface area contributed by atoms with Gasteiger partial charge in [-0.05, 0) is 17.9 Å². The average Bonchev–Trinajstić information content (AvgIpc) is 2.91. The highest BCUT2D eigenvalue weighted by Crippen LogP contribution is 2.14. The molecule has 4 radical (unpaired) electrons. The Kier molecular flexibility index (Phi) is 24.4. The van der Waals surface area contributed by atoms with Crippen molar-refractivity contribution in [3.05, 3.63) is 0 Å². The Balaban J connectivity index is 4.28. The number of thioether (sulfide) groups is 2. The lowest BCUT2D eigenvalue weighted by Gasteiger charge is -2.18. The van der Waals surface area contributed by atoms with Crippen molar-refractivity contribution in [3.8, 4) is 0 Å². The molecule has 0 saturated carbocycles. The fourth-order valence-electron chi connectivity index (χ4n) is 3.06. The third-order valence-electron chi connectivity index (χ3n) is 5.17. The van der Waals surface area contributed by atoms with Gasteiger partial charge in [-0.25, -0.2) is 0 Å². The normalized spacial score (nSPS) is 12.4. The standard InChI is InChI=1S/C24H42B2N4O7S2/c25-5-12-38-16-18(23(28)34)14-19(31)3-9-37-11-7-29-24(35)21(17-39-13-6-26)30-22(33)4-10-36-8-1-2-20(32)15-27/h18,21H,1-17,27H2,(H2,28,34)(H,29,35)(H,30,33). The van der Waals surface area contributed by atoms with E-state index in [-0.39, 0.29) is 75.6 Å². The molecular weight excluding hydrogens is 542 g/mol. The number of rotatable bonds is 27. The molecule has 15 heteroatoms. The predicted octanol–water partition coefficient (Wildman–Crippen LogP) is -0.590. The molecule has 0 aliphatic heterocycles. The molecule has 0 heterocycles. The molecule has 0 aliphatic rings. The number of hydrogen-bond acceptors (Lipinski definition) is 10. The Morgan fingerprint density at radius 1 is 0.821 bits per heavy atom. The number of amides is 3. The minimum Gasteiger partial charge on any atom is -0.381 e. The van der Waals surface area contributed by atoms with Gasteiger partial charge in [0.2, 0.25) is 17.7 Å². The largest absolute Gasteiger partial charge is 0.381 e. The van der Waals surface area contributed by atoms with E-state index in [1.165, 1.54) is 23.5 Å². The zero-order valence-electron chi connectivity index (χ0n) is 22.7. The summed E-state index contributed by atoms with van der Waals surface area (Å²) in [6.07, 6.45) is 2.10. The van der Waals surface area contributed by atoms with Crippen LogP contribution in [-0.2, 0) is 33.4 Å². The first-order valence-corrected chi connectivity index (χ1v) is 15.4. The number of ketones is 2.